The minimum atomic E-state index is -0.232. The van der Waals surface area contributed by atoms with Gasteiger partial charge < -0.3 is 14.5 Å². The van der Waals surface area contributed by atoms with Gasteiger partial charge in [0.15, 0.2) is 14.8 Å². The molecule has 2 aromatic carbocycles. The number of nitrogens with zero attached hydrogens (tertiary/aromatic N) is 2. The minimum Gasteiger partial charge on any atom is -0.497 e. The standard InChI is InChI=1S/C20H16ClN3O3S3/c1-26-13-5-3-4-11(8-13)10-29-19-22-17-16(18(25)23-19)30-20(28)24(17)14-9-12(21)6-7-15(14)27-2/h3-9H,10H2,1-2H3,(H,22,23,25). The van der Waals surface area contributed by atoms with Gasteiger partial charge in [0.2, 0.25) is 0 Å². The molecule has 0 saturated heterocycles. The van der Waals surface area contributed by atoms with E-state index in [0.717, 1.165) is 11.3 Å². The second kappa shape index (κ2) is 8.81. The highest BCUT2D eigenvalue weighted by molar-refractivity contribution is 7.98. The van der Waals surface area contributed by atoms with Crippen molar-refractivity contribution < 1.29 is 9.47 Å². The highest BCUT2D eigenvalue weighted by Gasteiger charge is 2.17. The van der Waals surface area contributed by atoms with E-state index in [-0.39, 0.29) is 5.56 Å². The Bertz CT molecular complexity index is 1350. The Labute approximate surface area is 190 Å². The Balaban J connectivity index is 1.78. The third-order valence-electron chi connectivity index (χ3n) is 4.31. The molecule has 154 valence electrons. The van der Waals surface area contributed by atoms with Gasteiger partial charge in [-0.25, -0.2) is 4.98 Å². The van der Waals surface area contributed by atoms with Crippen LogP contribution in [0, 0.1) is 3.95 Å². The number of ether oxygens (including phenoxy) is 2. The number of methoxy groups -OCH3 is 2. The van der Waals surface area contributed by atoms with E-state index in [1.807, 2.05) is 24.3 Å². The molecule has 0 saturated carbocycles. The van der Waals surface area contributed by atoms with Gasteiger partial charge in [-0.2, -0.15) is 0 Å². The molecular formula is C20H16ClN3O3S3. The summed E-state index contributed by atoms with van der Waals surface area (Å²) in [6.45, 7) is 0. The molecular weight excluding hydrogens is 462 g/mol. The lowest BCUT2D eigenvalue weighted by Crippen LogP contribution is -2.09. The molecule has 2 aromatic heterocycles. The number of hydrogen-bond acceptors (Lipinski definition) is 7. The first-order valence-electron chi connectivity index (χ1n) is 8.75. The predicted molar refractivity (Wildman–Crippen MR) is 125 cm³/mol. The zero-order valence-corrected chi connectivity index (χ0v) is 19.2. The average Bonchev–Trinajstić information content (AvgIpc) is 3.08. The monoisotopic (exact) mass is 477 g/mol. The highest BCUT2D eigenvalue weighted by atomic mass is 35.5. The fourth-order valence-electron chi connectivity index (χ4n) is 2.93. The van der Waals surface area contributed by atoms with Gasteiger partial charge in [-0.05, 0) is 48.1 Å². The van der Waals surface area contributed by atoms with Gasteiger partial charge in [-0.3, -0.25) is 9.36 Å². The number of fused-ring (bicyclic) bond motifs is 1. The van der Waals surface area contributed by atoms with Gasteiger partial charge in [0.05, 0.1) is 19.9 Å². The molecule has 0 bridgehead atoms. The molecule has 4 aromatic rings. The first-order chi connectivity index (χ1) is 14.5. The summed E-state index contributed by atoms with van der Waals surface area (Å²) in [5, 5.41) is 1.03. The Morgan fingerprint density at radius 3 is 2.83 bits per heavy atom. The summed E-state index contributed by atoms with van der Waals surface area (Å²) >= 11 is 14.3. The van der Waals surface area contributed by atoms with Crippen LogP contribution in [-0.2, 0) is 5.75 Å². The number of H-pyrrole nitrogens is 1. The predicted octanol–water partition coefficient (Wildman–Crippen LogP) is 5.47. The molecule has 0 amide bonds. The van der Waals surface area contributed by atoms with Crippen LogP contribution in [0.5, 0.6) is 11.5 Å². The Hall–Kier alpha value is -2.33. The molecule has 2 heterocycles. The van der Waals surface area contributed by atoms with Crippen molar-refractivity contribution in [2.75, 3.05) is 14.2 Å². The smallest absolute Gasteiger partial charge is 0.271 e. The van der Waals surface area contributed by atoms with Crippen LogP contribution in [-0.4, -0.2) is 28.8 Å². The topological polar surface area (TPSA) is 69.1 Å². The zero-order chi connectivity index (χ0) is 21.3. The maximum absolute atomic E-state index is 12.7. The number of benzene rings is 2. The summed E-state index contributed by atoms with van der Waals surface area (Å²) in [5.41, 5.74) is 1.94. The molecule has 0 aliphatic heterocycles. The summed E-state index contributed by atoms with van der Waals surface area (Å²) in [4.78, 5) is 20.2. The molecule has 0 spiro atoms. The van der Waals surface area contributed by atoms with Crippen LogP contribution >= 0.6 is 46.9 Å². The van der Waals surface area contributed by atoms with Gasteiger partial charge in [-0.15, -0.1) is 0 Å². The number of aromatic nitrogens is 3. The summed E-state index contributed by atoms with van der Waals surface area (Å²) in [6, 6.07) is 13.0. The largest absolute Gasteiger partial charge is 0.497 e. The van der Waals surface area contributed by atoms with Crippen LogP contribution in [0.1, 0.15) is 5.56 Å². The minimum absolute atomic E-state index is 0.232. The number of thiazole rings is 1. The maximum Gasteiger partial charge on any atom is 0.271 e. The van der Waals surface area contributed by atoms with E-state index in [1.54, 1.807) is 37.0 Å². The summed E-state index contributed by atoms with van der Waals surface area (Å²) in [6.07, 6.45) is 0. The fraction of sp³-hybridized carbons (Fsp3) is 0.150. The fourth-order valence-corrected chi connectivity index (χ4v) is 5.15. The number of aromatic amines is 1. The van der Waals surface area contributed by atoms with Gasteiger partial charge in [0, 0.05) is 10.8 Å². The molecule has 0 atom stereocenters. The van der Waals surface area contributed by atoms with Crippen LogP contribution in [0.4, 0.5) is 0 Å². The van der Waals surface area contributed by atoms with E-state index >= 15 is 0 Å². The van der Waals surface area contributed by atoms with Crippen molar-refractivity contribution >= 4 is 57.3 Å². The van der Waals surface area contributed by atoms with Crippen molar-refractivity contribution in [1.29, 1.82) is 0 Å². The number of thioether (sulfide) groups is 1. The normalized spacial score (nSPS) is 11.0. The quantitative estimate of drug-likeness (QED) is 0.226. The second-order valence-corrected chi connectivity index (χ2v) is 9.23. The van der Waals surface area contributed by atoms with Gasteiger partial charge in [0.1, 0.15) is 16.2 Å². The molecule has 6 nitrogen and oxygen atoms in total. The van der Waals surface area contributed by atoms with E-state index in [0.29, 0.717) is 41.7 Å². The summed E-state index contributed by atoms with van der Waals surface area (Å²) < 4.78 is 13.4. The van der Waals surface area contributed by atoms with Crippen LogP contribution < -0.4 is 15.0 Å². The van der Waals surface area contributed by atoms with E-state index in [4.69, 9.17) is 33.3 Å². The lowest BCUT2D eigenvalue weighted by molar-refractivity contribution is 0.413. The third kappa shape index (κ3) is 4.11. The zero-order valence-electron chi connectivity index (χ0n) is 16.0. The van der Waals surface area contributed by atoms with Crippen molar-refractivity contribution in [3.8, 4) is 17.2 Å². The van der Waals surface area contributed by atoms with E-state index in [2.05, 4.69) is 9.97 Å². The van der Waals surface area contributed by atoms with Gasteiger partial charge in [0.25, 0.3) is 5.56 Å². The van der Waals surface area contributed by atoms with Crippen molar-refractivity contribution in [2.24, 2.45) is 0 Å². The first kappa shape index (κ1) is 20.9. The molecule has 0 aliphatic carbocycles. The van der Waals surface area contributed by atoms with Crippen LogP contribution in [0.15, 0.2) is 52.4 Å². The van der Waals surface area contributed by atoms with Gasteiger partial charge >= 0.3 is 0 Å². The van der Waals surface area contributed by atoms with Crippen molar-refractivity contribution in [3.63, 3.8) is 0 Å². The Morgan fingerprint density at radius 2 is 2.07 bits per heavy atom. The van der Waals surface area contributed by atoms with E-state index in [1.165, 1.54) is 23.1 Å². The molecule has 4 rings (SSSR count). The number of hydrogen-bond donors (Lipinski definition) is 1. The van der Waals surface area contributed by atoms with E-state index in [9.17, 15) is 4.79 Å². The molecule has 10 heteroatoms. The van der Waals surface area contributed by atoms with Crippen LogP contribution in [0.2, 0.25) is 5.02 Å². The van der Waals surface area contributed by atoms with Crippen molar-refractivity contribution in [1.82, 2.24) is 14.5 Å². The number of nitrogens with one attached hydrogen (secondary N) is 1. The molecule has 30 heavy (non-hydrogen) atoms. The second-order valence-electron chi connectivity index (χ2n) is 6.18. The number of halogens is 1. The maximum atomic E-state index is 12.7. The number of rotatable bonds is 6. The summed E-state index contributed by atoms with van der Waals surface area (Å²) in [7, 11) is 3.20. The lowest BCUT2D eigenvalue weighted by Gasteiger charge is -2.11. The molecule has 0 fully saturated rings. The average molecular weight is 478 g/mol. The van der Waals surface area contributed by atoms with Crippen LogP contribution in [0.3, 0.4) is 0 Å². The van der Waals surface area contributed by atoms with E-state index < -0.39 is 0 Å². The molecule has 0 unspecified atom stereocenters. The Kier molecular flexibility index (Phi) is 6.14. The summed E-state index contributed by atoms with van der Waals surface area (Å²) in [5.74, 6) is 1.99. The first-order valence-corrected chi connectivity index (χ1v) is 11.3. The van der Waals surface area contributed by atoms with Crippen molar-refractivity contribution in [2.45, 2.75) is 10.9 Å². The van der Waals surface area contributed by atoms with Crippen molar-refractivity contribution in [3.05, 3.63) is 67.4 Å². The third-order valence-corrected chi connectivity index (χ3v) is 6.85. The highest BCUT2D eigenvalue weighted by Crippen LogP contribution is 2.32. The lowest BCUT2D eigenvalue weighted by atomic mass is 10.2. The molecule has 0 radical (unpaired) electrons. The Morgan fingerprint density at radius 1 is 1.23 bits per heavy atom. The molecule has 0 aliphatic rings. The van der Waals surface area contributed by atoms with Gasteiger partial charge in [-0.1, -0.05) is 46.8 Å². The van der Waals surface area contributed by atoms with Crippen LogP contribution in [0.25, 0.3) is 16.0 Å². The molecule has 1 N–H and O–H groups in total. The SMILES string of the molecule is COc1cccc(CSc2nc3c(sc(=S)n3-c3cc(Cl)ccc3OC)c(=O)[nH]2)c1.